The summed E-state index contributed by atoms with van der Waals surface area (Å²) in [5.41, 5.74) is 0.993. The van der Waals surface area contributed by atoms with E-state index in [2.05, 4.69) is 11.9 Å². The highest BCUT2D eigenvalue weighted by Crippen LogP contribution is 2.28. The molecule has 78 valence electrons. The van der Waals surface area contributed by atoms with Crippen LogP contribution >= 0.6 is 11.3 Å². The molecule has 0 aliphatic heterocycles. The summed E-state index contributed by atoms with van der Waals surface area (Å²) < 4.78 is 0. The van der Waals surface area contributed by atoms with E-state index in [1.165, 1.54) is 0 Å². The van der Waals surface area contributed by atoms with Crippen LogP contribution in [0.3, 0.4) is 0 Å². The number of hydrogen-bond acceptors (Lipinski definition) is 3. The molecule has 1 N–H and O–H groups in total. The number of aromatic nitrogens is 1. The van der Waals surface area contributed by atoms with Crippen LogP contribution < -0.4 is 0 Å². The lowest BCUT2D eigenvalue weighted by Crippen LogP contribution is -1.98. The fourth-order valence-corrected chi connectivity index (χ4v) is 2.38. The highest BCUT2D eigenvalue weighted by atomic mass is 32.1. The van der Waals surface area contributed by atoms with Crippen LogP contribution in [-0.2, 0) is 6.42 Å². The SMILES string of the molecule is CC(Cc1nccs1)c1ccccc1O. The highest BCUT2D eigenvalue weighted by molar-refractivity contribution is 7.09. The van der Waals surface area contributed by atoms with Crippen molar-refractivity contribution in [1.82, 2.24) is 4.98 Å². The van der Waals surface area contributed by atoms with E-state index < -0.39 is 0 Å². The molecule has 0 aliphatic carbocycles. The first-order valence-corrected chi connectivity index (χ1v) is 5.81. The molecule has 0 amide bonds. The van der Waals surface area contributed by atoms with E-state index in [9.17, 15) is 5.11 Å². The van der Waals surface area contributed by atoms with Crippen molar-refractivity contribution in [1.29, 1.82) is 0 Å². The maximum atomic E-state index is 9.69. The molecular formula is C12H13NOS. The van der Waals surface area contributed by atoms with Gasteiger partial charge >= 0.3 is 0 Å². The fraction of sp³-hybridized carbons (Fsp3) is 0.250. The van der Waals surface area contributed by atoms with Gasteiger partial charge in [-0.1, -0.05) is 25.1 Å². The number of para-hydroxylation sites is 1. The first-order valence-electron chi connectivity index (χ1n) is 4.93. The minimum Gasteiger partial charge on any atom is -0.508 e. The van der Waals surface area contributed by atoms with E-state index >= 15 is 0 Å². The largest absolute Gasteiger partial charge is 0.508 e. The van der Waals surface area contributed by atoms with E-state index in [-0.39, 0.29) is 0 Å². The van der Waals surface area contributed by atoms with Gasteiger partial charge in [-0.3, -0.25) is 0 Å². The molecule has 0 aliphatic rings. The number of hydrogen-bond donors (Lipinski definition) is 1. The Balaban J connectivity index is 2.15. The molecule has 2 nitrogen and oxygen atoms in total. The van der Waals surface area contributed by atoms with Crippen molar-refractivity contribution >= 4 is 11.3 Å². The molecule has 3 heteroatoms. The highest BCUT2D eigenvalue weighted by Gasteiger charge is 2.11. The summed E-state index contributed by atoms with van der Waals surface area (Å²) in [7, 11) is 0. The fourth-order valence-electron chi connectivity index (χ4n) is 1.63. The van der Waals surface area contributed by atoms with Gasteiger partial charge in [0.05, 0.1) is 5.01 Å². The third-order valence-corrected chi connectivity index (χ3v) is 3.23. The Bertz CT molecular complexity index is 425. The van der Waals surface area contributed by atoms with Gasteiger partial charge in [0, 0.05) is 18.0 Å². The van der Waals surface area contributed by atoms with E-state index in [4.69, 9.17) is 0 Å². The Morgan fingerprint density at radius 2 is 2.20 bits per heavy atom. The molecule has 1 atom stereocenters. The smallest absolute Gasteiger partial charge is 0.119 e. The Morgan fingerprint density at radius 3 is 2.87 bits per heavy atom. The van der Waals surface area contributed by atoms with Gasteiger partial charge in [-0.2, -0.15) is 0 Å². The van der Waals surface area contributed by atoms with Crippen molar-refractivity contribution in [3.05, 3.63) is 46.4 Å². The number of phenolic OH excluding ortho intramolecular Hbond substituents is 1. The summed E-state index contributed by atoms with van der Waals surface area (Å²) >= 11 is 1.66. The van der Waals surface area contributed by atoms with Gasteiger partial charge in [0.25, 0.3) is 0 Å². The predicted molar refractivity (Wildman–Crippen MR) is 62.3 cm³/mol. The van der Waals surface area contributed by atoms with Crippen molar-refractivity contribution in [3.8, 4) is 5.75 Å². The number of benzene rings is 1. The Hall–Kier alpha value is -1.35. The molecule has 1 unspecified atom stereocenters. The topological polar surface area (TPSA) is 33.1 Å². The predicted octanol–water partition coefficient (Wildman–Crippen LogP) is 3.19. The van der Waals surface area contributed by atoms with E-state index in [1.807, 2.05) is 29.8 Å². The number of thiazole rings is 1. The lowest BCUT2D eigenvalue weighted by atomic mass is 9.97. The van der Waals surface area contributed by atoms with Crippen LogP contribution in [0.4, 0.5) is 0 Å². The van der Waals surface area contributed by atoms with Crippen molar-refractivity contribution < 1.29 is 5.11 Å². The first kappa shape index (κ1) is 10.2. The van der Waals surface area contributed by atoms with Crippen LogP contribution in [0.1, 0.15) is 23.4 Å². The quantitative estimate of drug-likeness (QED) is 0.860. The molecule has 2 rings (SSSR count). The van der Waals surface area contributed by atoms with Gasteiger partial charge in [-0.05, 0) is 17.5 Å². The number of phenols is 1. The number of rotatable bonds is 3. The normalized spacial score (nSPS) is 12.6. The summed E-state index contributed by atoms with van der Waals surface area (Å²) in [6.07, 6.45) is 2.70. The zero-order valence-electron chi connectivity index (χ0n) is 8.55. The molecule has 0 bridgehead atoms. The van der Waals surface area contributed by atoms with Crippen LogP contribution in [0, 0.1) is 0 Å². The van der Waals surface area contributed by atoms with E-state index in [0.717, 1.165) is 17.0 Å². The summed E-state index contributed by atoms with van der Waals surface area (Å²) in [4.78, 5) is 4.25. The Morgan fingerprint density at radius 1 is 1.40 bits per heavy atom. The second-order valence-electron chi connectivity index (χ2n) is 3.59. The van der Waals surface area contributed by atoms with Gasteiger partial charge in [-0.25, -0.2) is 4.98 Å². The minimum absolute atomic E-state index is 0.303. The molecule has 1 heterocycles. The van der Waals surface area contributed by atoms with Gasteiger partial charge in [-0.15, -0.1) is 11.3 Å². The standard InChI is InChI=1S/C12H13NOS/c1-9(8-12-13-6-7-15-12)10-4-2-3-5-11(10)14/h2-7,9,14H,8H2,1H3. The summed E-state index contributed by atoms with van der Waals surface area (Å²) in [6, 6.07) is 7.49. The Kier molecular flexibility index (Phi) is 3.02. The molecule has 0 spiro atoms. The van der Waals surface area contributed by atoms with Crippen LogP contribution in [0.15, 0.2) is 35.8 Å². The zero-order valence-corrected chi connectivity index (χ0v) is 9.37. The average molecular weight is 219 g/mol. The van der Waals surface area contributed by atoms with Crippen LogP contribution in [-0.4, -0.2) is 10.1 Å². The van der Waals surface area contributed by atoms with Crippen LogP contribution in [0.25, 0.3) is 0 Å². The molecular weight excluding hydrogens is 206 g/mol. The number of nitrogens with zero attached hydrogens (tertiary/aromatic N) is 1. The summed E-state index contributed by atoms with van der Waals surface area (Å²) in [6.45, 7) is 2.11. The van der Waals surface area contributed by atoms with E-state index in [1.54, 1.807) is 17.4 Å². The van der Waals surface area contributed by atoms with Crippen molar-refractivity contribution in [2.75, 3.05) is 0 Å². The van der Waals surface area contributed by atoms with Gasteiger partial charge in [0.2, 0.25) is 0 Å². The van der Waals surface area contributed by atoms with Crippen LogP contribution in [0.5, 0.6) is 5.75 Å². The second-order valence-corrected chi connectivity index (χ2v) is 4.57. The molecule has 15 heavy (non-hydrogen) atoms. The minimum atomic E-state index is 0.303. The van der Waals surface area contributed by atoms with Crippen molar-refractivity contribution in [2.24, 2.45) is 0 Å². The second kappa shape index (κ2) is 4.45. The third-order valence-electron chi connectivity index (χ3n) is 2.43. The molecule has 0 saturated heterocycles. The zero-order chi connectivity index (χ0) is 10.7. The maximum absolute atomic E-state index is 9.69. The van der Waals surface area contributed by atoms with Gasteiger partial charge in [0.15, 0.2) is 0 Å². The molecule has 1 aromatic heterocycles. The summed E-state index contributed by atoms with van der Waals surface area (Å²) in [5.74, 6) is 0.680. The molecule has 0 saturated carbocycles. The van der Waals surface area contributed by atoms with Crippen molar-refractivity contribution in [2.45, 2.75) is 19.3 Å². The molecule has 0 radical (unpaired) electrons. The lowest BCUT2D eigenvalue weighted by molar-refractivity contribution is 0.462. The van der Waals surface area contributed by atoms with Crippen LogP contribution in [0.2, 0.25) is 0 Å². The lowest BCUT2D eigenvalue weighted by Gasteiger charge is -2.11. The Labute approximate surface area is 93.2 Å². The summed E-state index contributed by atoms with van der Waals surface area (Å²) in [5, 5.41) is 12.8. The van der Waals surface area contributed by atoms with Gasteiger partial charge in [0.1, 0.15) is 5.75 Å². The van der Waals surface area contributed by atoms with Crippen molar-refractivity contribution in [3.63, 3.8) is 0 Å². The molecule has 1 aromatic carbocycles. The molecule has 0 fully saturated rings. The average Bonchev–Trinajstić information content (AvgIpc) is 2.71. The monoisotopic (exact) mass is 219 g/mol. The first-order chi connectivity index (χ1) is 7.27. The maximum Gasteiger partial charge on any atom is 0.119 e. The van der Waals surface area contributed by atoms with E-state index in [0.29, 0.717) is 11.7 Å². The number of aromatic hydroxyl groups is 1. The third kappa shape index (κ3) is 2.36. The van der Waals surface area contributed by atoms with Gasteiger partial charge < -0.3 is 5.11 Å². The molecule has 2 aromatic rings.